The third kappa shape index (κ3) is 4.48. The summed E-state index contributed by atoms with van der Waals surface area (Å²) in [5.41, 5.74) is 2.71. The molecule has 130 valence electrons. The molecule has 2 heterocycles. The van der Waals surface area contributed by atoms with Crippen molar-refractivity contribution >= 4 is 24.2 Å². The lowest BCUT2D eigenvalue weighted by molar-refractivity contribution is -0.297. The standard InChI is InChI=1S/C21H17NO4/c1-15-18(22-21(26-15)19-6-4-14-25-19)13-12-17-10-8-16(9-11-17)5-2-3-7-20(23)24/h2-14H,1H3,(H,23,24)/p-1/b5-2+,7-3+,13-12+. The predicted octanol–water partition coefficient (Wildman–Crippen LogP) is 3.73. The number of aryl methyl sites for hydroxylation is 1. The van der Waals surface area contributed by atoms with Crippen LogP contribution in [0, 0.1) is 6.92 Å². The average molecular weight is 346 g/mol. The highest BCUT2D eigenvalue weighted by molar-refractivity contribution is 5.78. The summed E-state index contributed by atoms with van der Waals surface area (Å²) < 4.78 is 10.9. The molecule has 0 aliphatic rings. The number of carboxylic acid groups (broad SMARTS) is 1. The van der Waals surface area contributed by atoms with Crippen molar-refractivity contribution in [2.45, 2.75) is 6.92 Å². The number of benzene rings is 1. The quantitative estimate of drug-likeness (QED) is 0.502. The zero-order valence-electron chi connectivity index (χ0n) is 14.1. The van der Waals surface area contributed by atoms with Crippen LogP contribution < -0.4 is 5.11 Å². The molecule has 5 heteroatoms. The summed E-state index contributed by atoms with van der Waals surface area (Å²) in [5.74, 6) is 0.550. The first-order chi connectivity index (χ1) is 12.6. The molecule has 3 aromatic rings. The maximum Gasteiger partial charge on any atom is 0.263 e. The van der Waals surface area contributed by atoms with Crippen molar-refractivity contribution in [3.8, 4) is 11.7 Å². The Labute approximate surface area is 150 Å². The minimum Gasteiger partial charge on any atom is -0.545 e. The summed E-state index contributed by atoms with van der Waals surface area (Å²) in [6, 6.07) is 11.4. The van der Waals surface area contributed by atoms with Crippen LogP contribution in [0.15, 0.2) is 69.7 Å². The van der Waals surface area contributed by atoms with E-state index in [-0.39, 0.29) is 0 Å². The number of aromatic nitrogens is 1. The van der Waals surface area contributed by atoms with Crippen LogP contribution in [0.3, 0.4) is 0 Å². The van der Waals surface area contributed by atoms with Crippen molar-refractivity contribution < 1.29 is 18.7 Å². The first-order valence-corrected chi connectivity index (χ1v) is 7.97. The predicted molar refractivity (Wildman–Crippen MR) is 97.5 cm³/mol. The van der Waals surface area contributed by atoms with Gasteiger partial charge in [-0.05, 0) is 42.3 Å². The van der Waals surface area contributed by atoms with E-state index in [9.17, 15) is 9.90 Å². The smallest absolute Gasteiger partial charge is 0.263 e. The number of aliphatic carboxylic acids is 1. The number of carbonyl (C=O) groups excluding carboxylic acids is 1. The monoisotopic (exact) mass is 346 g/mol. The van der Waals surface area contributed by atoms with Crippen LogP contribution in [-0.4, -0.2) is 11.0 Å². The van der Waals surface area contributed by atoms with Crippen molar-refractivity contribution in [2.75, 3.05) is 0 Å². The summed E-state index contributed by atoms with van der Waals surface area (Å²) in [6.07, 6.45) is 11.3. The van der Waals surface area contributed by atoms with E-state index < -0.39 is 5.97 Å². The van der Waals surface area contributed by atoms with Gasteiger partial charge in [-0.2, -0.15) is 0 Å². The van der Waals surface area contributed by atoms with Gasteiger partial charge in [0.05, 0.1) is 12.2 Å². The molecule has 0 saturated heterocycles. The van der Waals surface area contributed by atoms with Gasteiger partial charge in [0.25, 0.3) is 5.89 Å². The zero-order valence-corrected chi connectivity index (χ0v) is 14.1. The third-order valence-corrected chi connectivity index (χ3v) is 3.57. The van der Waals surface area contributed by atoms with Crippen LogP contribution in [0.2, 0.25) is 0 Å². The molecule has 0 atom stereocenters. The van der Waals surface area contributed by atoms with Crippen molar-refractivity contribution in [1.29, 1.82) is 0 Å². The van der Waals surface area contributed by atoms with E-state index in [0.717, 1.165) is 22.9 Å². The highest BCUT2D eigenvalue weighted by Crippen LogP contribution is 2.23. The fourth-order valence-corrected chi connectivity index (χ4v) is 2.26. The van der Waals surface area contributed by atoms with E-state index in [2.05, 4.69) is 4.98 Å². The maximum atomic E-state index is 10.3. The number of hydrogen-bond acceptors (Lipinski definition) is 5. The Morgan fingerprint density at radius 3 is 2.42 bits per heavy atom. The Hall–Kier alpha value is -3.60. The molecule has 0 N–H and O–H groups in total. The Kier molecular flexibility index (Phi) is 5.29. The summed E-state index contributed by atoms with van der Waals surface area (Å²) >= 11 is 0. The number of oxazole rings is 1. The number of allylic oxidation sites excluding steroid dienone is 2. The van der Waals surface area contributed by atoms with Crippen molar-refractivity contribution in [1.82, 2.24) is 4.98 Å². The van der Waals surface area contributed by atoms with Crippen LogP contribution in [-0.2, 0) is 4.79 Å². The molecule has 0 amide bonds. The van der Waals surface area contributed by atoms with Crippen LogP contribution in [0.25, 0.3) is 29.9 Å². The Bertz CT molecular complexity index is 958. The molecule has 26 heavy (non-hydrogen) atoms. The molecule has 0 spiro atoms. The topological polar surface area (TPSA) is 79.3 Å². The molecule has 0 aliphatic carbocycles. The van der Waals surface area contributed by atoms with Gasteiger partial charge in [0, 0.05) is 0 Å². The van der Waals surface area contributed by atoms with Gasteiger partial charge >= 0.3 is 0 Å². The maximum absolute atomic E-state index is 10.3. The number of hydrogen-bond donors (Lipinski definition) is 0. The summed E-state index contributed by atoms with van der Waals surface area (Å²) in [6.45, 7) is 1.85. The summed E-state index contributed by atoms with van der Waals surface area (Å²) in [7, 11) is 0. The van der Waals surface area contributed by atoms with Gasteiger partial charge in [-0.15, -0.1) is 0 Å². The first kappa shape index (κ1) is 17.2. The molecule has 0 fully saturated rings. The van der Waals surface area contributed by atoms with E-state index in [0.29, 0.717) is 17.4 Å². The molecular formula is C21H16NO4-. The van der Waals surface area contributed by atoms with E-state index in [1.54, 1.807) is 24.5 Å². The van der Waals surface area contributed by atoms with Crippen molar-refractivity contribution in [2.24, 2.45) is 0 Å². The molecule has 0 aliphatic heterocycles. The van der Waals surface area contributed by atoms with Gasteiger partial charge < -0.3 is 18.7 Å². The Balaban J connectivity index is 1.68. The number of nitrogens with zero attached hydrogens (tertiary/aromatic N) is 1. The lowest BCUT2D eigenvalue weighted by Gasteiger charge is -1.95. The van der Waals surface area contributed by atoms with Crippen LogP contribution in [0.1, 0.15) is 22.6 Å². The fourth-order valence-electron chi connectivity index (χ4n) is 2.26. The number of carboxylic acids is 1. The minimum absolute atomic E-state index is 0.456. The lowest BCUT2D eigenvalue weighted by Crippen LogP contribution is -2.18. The minimum atomic E-state index is -1.21. The van der Waals surface area contributed by atoms with Crippen LogP contribution in [0.4, 0.5) is 0 Å². The second-order valence-corrected chi connectivity index (χ2v) is 5.48. The second-order valence-electron chi connectivity index (χ2n) is 5.48. The molecule has 0 saturated carbocycles. The molecular weight excluding hydrogens is 330 g/mol. The van der Waals surface area contributed by atoms with Gasteiger partial charge in [-0.25, -0.2) is 4.98 Å². The number of furan rings is 1. The molecule has 0 radical (unpaired) electrons. The van der Waals surface area contributed by atoms with E-state index in [4.69, 9.17) is 8.83 Å². The van der Waals surface area contributed by atoms with Crippen LogP contribution >= 0.6 is 0 Å². The van der Waals surface area contributed by atoms with Gasteiger partial charge in [0.1, 0.15) is 11.5 Å². The van der Waals surface area contributed by atoms with Gasteiger partial charge in [0.2, 0.25) is 0 Å². The molecule has 2 aromatic heterocycles. The Morgan fingerprint density at radius 1 is 1.04 bits per heavy atom. The number of rotatable bonds is 6. The lowest BCUT2D eigenvalue weighted by atomic mass is 10.1. The van der Waals surface area contributed by atoms with E-state index >= 15 is 0 Å². The second kappa shape index (κ2) is 7.98. The van der Waals surface area contributed by atoms with Crippen molar-refractivity contribution in [3.05, 3.63) is 83.5 Å². The van der Waals surface area contributed by atoms with Crippen molar-refractivity contribution in [3.63, 3.8) is 0 Å². The Morgan fingerprint density at radius 2 is 1.77 bits per heavy atom. The number of carbonyl (C=O) groups is 1. The fraction of sp³-hybridized carbons (Fsp3) is 0.0476. The van der Waals surface area contributed by atoms with E-state index in [1.807, 2.05) is 49.4 Å². The molecule has 5 nitrogen and oxygen atoms in total. The highest BCUT2D eigenvalue weighted by Gasteiger charge is 2.11. The van der Waals surface area contributed by atoms with Gasteiger partial charge in [-0.3, -0.25) is 0 Å². The summed E-state index contributed by atoms with van der Waals surface area (Å²) in [5, 5.41) is 10.3. The summed E-state index contributed by atoms with van der Waals surface area (Å²) in [4.78, 5) is 14.7. The first-order valence-electron chi connectivity index (χ1n) is 7.97. The molecule has 0 unspecified atom stereocenters. The molecule has 3 rings (SSSR count). The third-order valence-electron chi connectivity index (χ3n) is 3.57. The van der Waals surface area contributed by atoms with Gasteiger partial charge in [0.15, 0.2) is 5.76 Å². The molecule has 0 bridgehead atoms. The van der Waals surface area contributed by atoms with Crippen LogP contribution in [0.5, 0.6) is 0 Å². The average Bonchev–Trinajstić information content (AvgIpc) is 3.27. The van der Waals surface area contributed by atoms with E-state index in [1.165, 1.54) is 6.08 Å². The highest BCUT2D eigenvalue weighted by atomic mass is 16.4. The zero-order chi connectivity index (χ0) is 18.4. The van der Waals surface area contributed by atoms with Gasteiger partial charge in [-0.1, -0.05) is 48.6 Å². The largest absolute Gasteiger partial charge is 0.545 e. The SMILES string of the molecule is Cc1oc(-c2ccco2)nc1/C=C/c1ccc(/C=C/C=C/C(=O)[O-])cc1. The molecule has 1 aromatic carbocycles. The normalized spacial score (nSPS) is 11.9.